The number of hydrogen-bond donors (Lipinski definition) is 1. The average Bonchev–Trinajstić information content (AvgIpc) is 3.15. The first kappa shape index (κ1) is 19.2. The molecule has 3 aromatic rings. The van der Waals surface area contributed by atoms with Crippen molar-refractivity contribution in [1.29, 1.82) is 0 Å². The monoisotopic (exact) mass is 379 g/mol. The van der Waals surface area contributed by atoms with E-state index in [0.717, 1.165) is 29.2 Å². The van der Waals surface area contributed by atoms with Crippen molar-refractivity contribution in [2.45, 2.75) is 38.8 Å². The maximum absolute atomic E-state index is 12.4. The summed E-state index contributed by atoms with van der Waals surface area (Å²) in [5.41, 5.74) is 5.69. The van der Waals surface area contributed by atoms with Crippen LogP contribution in [-0.2, 0) is 17.6 Å². The highest BCUT2D eigenvalue weighted by molar-refractivity contribution is 7.99. The van der Waals surface area contributed by atoms with Crippen LogP contribution in [0.1, 0.15) is 30.5 Å². The maximum Gasteiger partial charge on any atom is 0.234 e. The third-order valence-electron chi connectivity index (χ3n) is 4.56. The number of benzene rings is 2. The standard InChI is InChI=1S/C22H25N3OS/c1-4-17-10-8-11-18(5-2)21(17)25-14-13-23-22(25)27-15-20(26)24-19-12-7-6-9-16(19)3/h6-14H,4-5,15H2,1-3H3,(H,24,26). The third-order valence-corrected chi connectivity index (χ3v) is 5.53. The van der Waals surface area contributed by atoms with E-state index in [-0.39, 0.29) is 5.91 Å². The van der Waals surface area contributed by atoms with Crippen molar-refractivity contribution in [3.8, 4) is 5.69 Å². The number of aryl methyl sites for hydroxylation is 3. The zero-order valence-corrected chi connectivity index (χ0v) is 16.8. The molecule has 1 N–H and O–H groups in total. The molecular weight excluding hydrogens is 354 g/mol. The molecule has 0 saturated heterocycles. The van der Waals surface area contributed by atoms with Crippen LogP contribution in [0.5, 0.6) is 0 Å². The van der Waals surface area contributed by atoms with Crippen LogP contribution in [-0.4, -0.2) is 21.2 Å². The van der Waals surface area contributed by atoms with Gasteiger partial charge in [-0.1, -0.05) is 62.0 Å². The van der Waals surface area contributed by atoms with Crippen molar-refractivity contribution in [3.05, 3.63) is 71.5 Å². The Kier molecular flexibility index (Phi) is 6.35. The number of nitrogens with one attached hydrogen (secondary N) is 1. The Morgan fingerprint density at radius 2 is 1.78 bits per heavy atom. The van der Waals surface area contributed by atoms with E-state index < -0.39 is 0 Å². The van der Waals surface area contributed by atoms with Crippen LogP contribution in [0, 0.1) is 6.92 Å². The number of amides is 1. The number of hydrogen-bond acceptors (Lipinski definition) is 3. The predicted octanol–water partition coefficient (Wildman–Crippen LogP) is 5.04. The molecular formula is C22H25N3OS. The van der Waals surface area contributed by atoms with E-state index in [2.05, 4.69) is 46.9 Å². The molecule has 1 aromatic heterocycles. The quantitative estimate of drug-likeness (QED) is 0.585. The summed E-state index contributed by atoms with van der Waals surface area (Å²) >= 11 is 1.46. The Morgan fingerprint density at radius 1 is 1.07 bits per heavy atom. The van der Waals surface area contributed by atoms with Crippen LogP contribution in [0.25, 0.3) is 5.69 Å². The second-order valence-electron chi connectivity index (χ2n) is 6.36. The van der Waals surface area contributed by atoms with Gasteiger partial charge in [0.25, 0.3) is 0 Å². The summed E-state index contributed by atoms with van der Waals surface area (Å²) in [6.07, 6.45) is 5.70. The minimum atomic E-state index is -0.0247. The van der Waals surface area contributed by atoms with Crippen LogP contribution < -0.4 is 5.32 Å². The normalized spacial score (nSPS) is 10.8. The highest BCUT2D eigenvalue weighted by Gasteiger charge is 2.14. The maximum atomic E-state index is 12.4. The summed E-state index contributed by atoms with van der Waals surface area (Å²) < 4.78 is 2.11. The second kappa shape index (κ2) is 8.91. The molecule has 5 heteroatoms. The summed E-state index contributed by atoms with van der Waals surface area (Å²) in [6, 6.07) is 14.2. The average molecular weight is 380 g/mol. The van der Waals surface area contributed by atoms with Crippen molar-refractivity contribution < 1.29 is 4.79 Å². The lowest BCUT2D eigenvalue weighted by atomic mass is 10.0. The van der Waals surface area contributed by atoms with Gasteiger partial charge in [0, 0.05) is 18.1 Å². The summed E-state index contributed by atoms with van der Waals surface area (Å²) in [6.45, 7) is 6.32. The number of para-hydroxylation sites is 2. The molecule has 0 atom stereocenters. The van der Waals surface area contributed by atoms with Crippen molar-refractivity contribution in [2.75, 3.05) is 11.1 Å². The third kappa shape index (κ3) is 4.42. The van der Waals surface area contributed by atoms with Crippen LogP contribution in [0.4, 0.5) is 5.69 Å². The van der Waals surface area contributed by atoms with E-state index in [1.54, 1.807) is 6.20 Å². The van der Waals surface area contributed by atoms with E-state index in [4.69, 9.17) is 0 Å². The lowest BCUT2D eigenvalue weighted by Crippen LogP contribution is -2.15. The van der Waals surface area contributed by atoms with Crippen molar-refractivity contribution in [2.24, 2.45) is 0 Å². The molecule has 27 heavy (non-hydrogen) atoms. The fourth-order valence-electron chi connectivity index (χ4n) is 3.12. The Bertz CT molecular complexity index is 911. The van der Waals surface area contributed by atoms with Gasteiger partial charge in [-0.05, 0) is 42.5 Å². The number of aromatic nitrogens is 2. The van der Waals surface area contributed by atoms with Crippen LogP contribution in [0.15, 0.2) is 60.0 Å². The highest BCUT2D eigenvalue weighted by atomic mass is 32.2. The van der Waals surface area contributed by atoms with Crippen LogP contribution in [0.3, 0.4) is 0 Å². The number of carbonyl (C=O) groups excluding carboxylic acids is 1. The summed E-state index contributed by atoms with van der Waals surface area (Å²) in [7, 11) is 0. The van der Waals surface area contributed by atoms with Crippen molar-refractivity contribution in [1.82, 2.24) is 9.55 Å². The van der Waals surface area contributed by atoms with E-state index >= 15 is 0 Å². The van der Waals surface area contributed by atoms with E-state index in [1.807, 2.05) is 37.4 Å². The zero-order valence-electron chi connectivity index (χ0n) is 16.0. The molecule has 0 spiro atoms. The van der Waals surface area contributed by atoms with Gasteiger partial charge in [-0.3, -0.25) is 9.36 Å². The minimum Gasteiger partial charge on any atom is -0.325 e. The molecule has 0 aliphatic carbocycles. The molecule has 1 heterocycles. The topological polar surface area (TPSA) is 46.9 Å². The van der Waals surface area contributed by atoms with Gasteiger partial charge in [0.15, 0.2) is 5.16 Å². The molecule has 0 fully saturated rings. The second-order valence-corrected chi connectivity index (χ2v) is 7.31. The molecule has 4 nitrogen and oxygen atoms in total. The molecule has 0 radical (unpaired) electrons. The van der Waals surface area contributed by atoms with E-state index in [1.165, 1.54) is 28.6 Å². The van der Waals surface area contributed by atoms with Crippen LogP contribution in [0.2, 0.25) is 0 Å². The number of nitrogens with zero attached hydrogens (tertiary/aromatic N) is 2. The smallest absolute Gasteiger partial charge is 0.234 e. The molecule has 140 valence electrons. The van der Waals surface area contributed by atoms with Crippen molar-refractivity contribution in [3.63, 3.8) is 0 Å². The van der Waals surface area contributed by atoms with Crippen molar-refractivity contribution >= 4 is 23.4 Å². The van der Waals surface area contributed by atoms with Gasteiger partial charge in [-0.2, -0.15) is 0 Å². The van der Waals surface area contributed by atoms with Gasteiger partial charge in [0.1, 0.15) is 0 Å². The minimum absolute atomic E-state index is 0.0247. The van der Waals surface area contributed by atoms with Gasteiger partial charge >= 0.3 is 0 Å². The summed E-state index contributed by atoms with van der Waals surface area (Å²) in [5.74, 6) is 0.296. The van der Waals surface area contributed by atoms with E-state index in [9.17, 15) is 4.79 Å². The Morgan fingerprint density at radius 3 is 2.44 bits per heavy atom. The largest absolute Gasteiger partial charge is 0.325 e. The number of imidazole rings is 1. The zero-order chi connectivity index (χ0) is 19.2. The lowest BCUT2D eigenvalue weighted by molar-refractivity contribution is -0.113. The van der Waals surface area contributed by atoms with Crippen LogP contribution >= 0.6 is 11.8 Å². The summed E-state index contributed by atoms with van der Waals surface area (Å²) in [5, 5.41) is 3.82. The van der Waals surface area contributed by atoms with E-state index in [0.29, 0.717) is 5.75 Å². The summed E-state index contributed by atoms with van der Waals surface area (Å²) in [4.78, 5) is 16.9. The number of carbonyl (C=O) groups is 1. The lowest BCUT2D eigenvalue weighted by Gasteiger charge is -2.16. The number of anilines is 1. The SMILES string of the molecule is CCc1cccc(CC)c1-n1ccnc1SCC(=O)Nc1ccccc1C. The first-order valence-corrected chi connectivity index (χ1v) is 10.2. The van der Waals surface area contributed by atoms with Gasteiger partial charge in [-0.15, -0.1) is 0 Å². The molecule has 2 aromatic carbocycles. The Hall–Kier alpha value is -2.53. The molecule has 0 aliphatic rings. The molecule has 0 aliphatic heterocycles. The molecule has 1 amide bonds. The van der Waals surface area contributed by atoms with Gasteiger partial charge in [0.2, 0.25) is 5.91 Å². The molecule has 0 unspecified atom stereocenters. The molecule has 3 rings (SSSR count). The number of thioether (sulfide) groups is 1. The van der Waals surface area contributed by atoms with Gasteiger partial charge in [-0.25, -0.2) is 4.98 Å². The predicted molar refractivity (Wildman–Crippen MR) is 113 cm³/mol. The number of rotatable bonds is 7. The molecule has 0 bridgehead atoms. The highest BCUT2D eigenvalue weighted by Crippen LogP contribution is 2.27. The first-order chi connectivity index (χ1) is 13.1. The fraction of sp³-hybridized carbons (Fsp3) is 0.273. The van der Waals surface area contributed by atoms with Gasteiger partial charge in [0.05, 0.1) is 11.4 Å². The first-order valence-electron chi connectivity index (χ1n) is 9.26. The fourth-order valence-corrected chi connectivity index (χ4v) is 3.88. The Labute approximate surface area is 165 Å². The van der Waals surface area contributed by atoms with Gasteiger partial charge < -0.3 is 5.32 Å². The Balaban J connectivity index is 1.77. The molecule has 0 saturated carbocycles.